The molecule has 5 nitrogen and oxygen atoms in total. The number of methoxy groups -OCH3 is 1. The normalized spacial score (nSPS) is 20.1. The predicted octanol–water partition coefficient (Wildman–Crippen LogP) is 4.09. The monoisotopic (exact) mass is 385 g/mol. The van der Waals surface area contributed by atoms with E-state index in [1.165, 1.54) is 11.1 Å². The maximum atomic E-state index is 5.76. The van der Waals surface area contributed by atoms with Gasteiger partial charge in [0, 0.05) is 36.7 Å². The summed E-state index contributed by atoms with van der Waals surface area (Å²) in [6.45, 7) is 2.99. The van der Waals surface area contributed by atoms with Gasteiger partial charge in [-0.05, 0) is 67.6 Å². The van der Waals surface area contributed by atoms with Gasteiger partial charge in [0.1, 0.15) is 5.69 Å². The molecule has 6 heteroatoms. The smallest absolute Gasteiger partial charge is 0.238 e. The van der Waals surface area contributed by atoms with Crippen molar-refractivity contribution in [2.75, 3.05) is 38.6 Å². The number of likely N-dealkylation sites (N-methyl/N-ethyl adjacent to an activating group) is 1. The van der Waals surface area contributed by atoms with E-state index in [1.807, 2.05) is 0 Å². The van der Waals surface area contributed by atoms with Crippen LogP contribution < -0.4 is 9.46 Å². The summed E-state index contributed by atoms with van der Waals surface area (Å²) in [4.78, 5) is 8.28. The molecule has 2 aliphatic rings. The summed E-state index contributed by atoms with van der Waals surface area (Å²) in [5, 5.41) is 0. The summed E-state index contributed by atoms with van der Waals surface area (Å²) in [5.41, 5.74) is 4.68. The molecule has 0 amide bonds. The summed E-state index contributed by atoms with van der Waals surface area (Å²) in [7, 11) is 3.85. The molecule has 144 valence electrons. The Kier molecular flexibility index (Phi) is 5.86. The van der Waals surface area contributed by atoms with E-state index in [0.29, 0.717) is 5.88 Å². The molecule has 0 aliphatic carbocycles. The standard InChI is InChI=1S/C21H27N3O2S/c1-24-11-9-16-14-19(21(25-2)22-18(16)10-12-24)23-27-17-7-5-15(6-8-17)20-4-3-13-26-20/h5-8,14,20,23H,3-4,9-13H2,1-2H3/t20-/m0/s1. The number of pyridine rings is 1. The summed E-state index contributed by atoms with van der Waals surface area (Å²) in [6.07, 6.45) is 4.55. The van der Waals surface area contributed by atoms with Crippen LogP contribution >= 0.6 is 11.9 Å². The Labute approximate surface area is 165 Å². The van der Waals surface area contributed by atoms with Crippen LogP contribution in [-0.2, 0) is 17.6 Å². The van der Waals surface area contributed by atoms with Crippen molar-refractivity contribution in [2.45, 2.75) is 36.7 Å². The number of nitrogens with one attached hydrogen (secondary N) is 1. The summed E-state index contributed by atoms with van der Waals surface area (Å²) >= 11 is 1.59. The molecule has 3 heterocycles. The van der Waals surface area contributed by atoms with Crippen molar-refractivity contribution in [1.29, 1.82) is 0 Å². The summed E-state index contributed by atoms with van der Waals surface area (Å²) in [5.74, 6) is 0.668. The number of nitrogens with zero attached hydrogens (tertiary/aromatic N) is 2. The van der Waals surface area contributed by atoms with E-state index in [4.69, 9.17) is 14.5 Å². The van der Waals surface area contributed by atoms with Gasteiger partial charge in [-0.1, -0.05) is 12.1 Å². The molecule has 27 heavy (non-hydrogen) atoms. The van der Waals surface area contributed by atoms with Gasteiger partial charge >= 0.3 is 0 Å². The third-order valence-electron chi connectivity index (χ3n) is 5.30. The number of ether oxygens (including phenoxy) is 2. The van der Waals surface area contributed by atoms with Crippen LogP contribution in [0.15, 0.2) is 35.2 Å². The largest absolute Gasteiger partial charge is 0.479 e. The van der Waals surface area contributed by atoms with Gasteiger partial charge in [0.2, 0.25) is 5.88 Å². The number of hydrogen-bond acceptors (Lipinski definition) is 6. The first-order valence-corrected chi connectivity index (χ1v) is 10.4. The fraction of sp³-hybridized carbons (Fsp3) is 0.476. The van der Waals surface area contributed by atoms with Crippen LogP contribution in [0.4, 0.5) is 5.69 Å². The van der Waals surface area contributed by atoms with Gasteiger partial charge in [-0.3, -0.25) is 0 Å². The fourth-order valence-corrected chi connectivity index (χ4v) is 4.31. The first kappa shape index (κ1) is 18.6. The second-order valence-corrected chi connectivity index (χ2v) is 8.11. The molecule has 1 atom stereocenters. The predicted molar refractivity (Wildman–Crippen MR) is 110 cm³/mol. The van der Waals surface area contributed by atoms with Crippen LogP contribution in [-0.4, -0.2) is 43.7 Å². The van der Waals surface area contributed by atoms with E-state index in [1.54, 1.807) is 19.1 Å². The fourth-order valence-electron chi connectivity index (χ4n) is 3.66. The Balaban J connectivity index is 1.46. The highest BCUT2D eigenvalue weighted by atomic mass is 32.2. The number of anilines is 1. The molecule has 1 N–H and O–H groups in total. The van der Waals surface area contributed by atoms with Crippen molar-refractivity contribution in [2.24, 2.45) is 0 Å². The molecular formula is C21H27N3O2S. The van der Waals surface area contributed by atoms with E-state index in [2.05, 4.69) is 47.0 Å². The SMILES string of the molecule is COc1nc2c(cc1NSc1ccc([C@@H]3CCCO3)cc1)CCN(C)CC2. The Morgan fingerprint density at radius 3 is 2.78 bits per heavy atom. The topological polar surface area (TPSA) is 46.6 Å². The molecule has 1 aromatic heterocycles. The minimum absolute atomic E-state index is 0.268. The van der Waals surface area contributed by atoms with E-state index >= 15 is 0 Å². The maximum absolute atomic E-state index is 5.76. The van der Waals surface area contributed by atoms with E-state index in [9.17, 15) is 0 Å². The zero-order valence-electron chi connectivity index (χ0n) is 16.0. The van der Waals surface area contributed by atoms with Crippen molar-refractivity contribution >= 4 is 17.6 Å². The lowest BCUT2D eigenvalue weighted by Gasteiger charge is -2.14. The lowest BCUT2D eigenvalue weighted by Crippen LogP contribution is -2.20. The number of rotatable bonds is 5. The van der Waals surface area contributed by atoms with Crippen molar-refractivity contribution in [3.63, 3.8) is 0 Å². The average Bonchev–Trinajstić information content (AvgIpc) is 3.18. The Bertz CT molecular complexity index is 776. The molecule has 1 fully saturated rings. The highest BCUT2D eigenvalue weighted by molar-refractivity contribution is 8.00. The molecule has 0 bridgehead atoms. The molecular weight excluding hydrogens is 358 g/mol. The second-order valence-electron chi connectivity index (χ2n) is 7.23. The van der Waals surface area contributed by atoms with Crippen molar-refractivity contribution < 1.29 is 9.47 Å². The lowest BCUT2D eigenvalue weighted by molar-refractivity contribution is 0.112. The molecule has 4 rings (SSSR count). The molecule has 0 unspecified atom stereocenters. The van der Waals surface area contributed by atoms with Gasteiger partial charge < -0.3 is 19.1 Å². The minimum Gasteiger partial charge on any atom is -0.479 e. The summed E-state index contributed by atoms with van der Waals surface area (Å²) < 4.78 is 14.7. The Hall–Kier alpha value is -1.76. The first-order valence-electron chi connectivity index (χ1n) is 9.62. The molecule has 0 spiro atoms. The van der Waals surface area contributed by atoms with Crippen LogP contribution in [0, 0.1) is 0 Å². The average molecular weight is 386 g/mol. The molecule has 0 saturated carbocycles. The van der Waals surface area contributed by atoms with Gasteiger partial charge in [0.15, 0.2) is 0 Å². The lowest BCUT2D eigenvalue weighted by atomic mass is 10.1. The van der Waals surface area contributed by atoms with Crippen molar-refractivity contribution in [3.05, 3.63) is 47.2 Å². The molecule has 1 saturated heterocycles. The number of hydrogen-bond donors (Lipinski definition) is 1. The van der Waals surface area contributed by atoms with Crippen molar-refractivity contribution in [1.82, 2.24) is 9.88 Å². The summed E-state index contributed by atoms with van der Waals surface area (Å²) in [6, 6.07) is 10.8. The van der Waals surface area contributed by atoms with Gasteiger partial charge in [0.25, 0.3) is 0 Å². The third kappa shape index (κ3) is 4.39. The number of fused-ring (bicyclic) bond motifs is 1. The molecule has 0 radical (unpaired) electrons. The first-order chi connectivity index (χ1) is 13.2. The highest BCUT2D eigenvalue weighted by Crippen LogP contribution is 2.33. The van der Waals surface area contributed by atoms with E-state index < -0.39 is 0 Å². The van der Waals surface area contributed by atoms with Crippen LogP contribution in [0.1, 0.15) is 35.8 Å². The molecule has 2 aliphatic heterocycles. The third-order valence-corrected chi connectivity index (χ3v) is 6.13. The van der Waals surface area contributed by atoms with E-state index in [0.717, 1.165) is 61.7 Å². The quantitative estimate of drug-likeness (QED) is 0.782. The van der Waals surface area contributed by atoms with Crippen LogP contribution in [0.2, 0.25) is 0 Å². The van der Waals surface area contributed by atoms with Gasteiger partial charge in [-0.25, -0.2) is 4.98 Å². The van der Waals surface area contributed by atoms with Gasteiger partial charge in [0.05, 0.1) is 13.2 Å². The minimum atomic E-state index is 0.268. The maximum Gasteiger partial charge on any atom is 0.238 e. The zero-order valence-corrected chi connectivity index (χ0v) is 16.8. The van der Waals surface area contributed by atoms with Crippen LogP contribution in [0.5, 0.6) is 5.88 Å². The van der Waals surface area contributed by atoms with Crippen LogP contribution in [0.25, 0.3) is 0 Å². The second kappa shape index (κ2) is 8.50. The zero-order chi connectivity index (χ0) is 18.6. The molecule has 2 aromatic rings. The highest BCUT2D eigenvalue weighted by Gasteiger charge is 2.18. The molecule has 1 aromatic carbocycles. The van der Waals surface area contributed by atoms with Gasteiger partial charge in [-0.2, -0.15) is 0 Å². The van der Waals surface area contributed by atoms with Crippen LogP contribution in [0.3, 0.4) is 0 Å². The number of aromatic nitrogens is 1. The number of benzene rings is 1. The Morgan fingerprint density at radius 1 is 1.22 bits per heavy atom. The Morgan fingerprint density at radius 2 is 2.04 bits per heavy atom. The van der Waals surface area contributed by atoms with Crippen molar-refractivity contribution in [3.8, 4) is 5.88 Å². The van der Waals surface area contributed by atoms with Gasteiger partial charge in [-0.15, -0.1) is 0 Å². The van der Waals surface area contributed by atoms with E-state index in [-0.39, 0.29) is 6.10 Å².